The lowest BCUT2D eigenvalue weighted by Crippen LogP contribution is -2.48. The summed E-state index contributed by atoms with van der Waals surface area (Å²) in [6.45, 7) is 7.58. The van der Waals surface area contributed by atoms with E-state index in [0.29, 0.717) is 32.0 Å². The lowest BCUT2D eigenvalue weighted by molar-refractivity contribution is -0.131. The van der Waals surface area contributed by atoms with Crippen molar-refractivity contribution < 1.29 is 4.79 Å². The van der Waals surface area contributed by atoms with Crippen LogP contribution >= 0.6 is 0 Å². The Balaban J connectivity index is 1.61. The second-order valence-corrected chi connectivity index (χ2v) is 8.94. The van der Waals surface area contributed by atoms with Crippen molar-refractivity contribution in [3.8, 4) is 6.19 Å². The number of H-pyrrole nitrogens is 1. The van der Waals surface area contributed by atoms with Crippen LogP contribution in [0.3, 0.4) is 0 Å². The minimum atomic E-state index is -0.223. The maximum atomic E-state index is 12.9. The number of carbonyl (C=O) groups excluding carboxylic acids is 1. The van der Waals surface area contributed by atoms with Gasteiger partial charge in [-0.1, -0.05) is 61.9 Å². The van der Waals surface area contributed by atoms with E-state index >= 15 is 0 Å². The van der Waals surface area contributed by atoms with E-state index in [1.807, 2.05) is 67.5 Å². The molecular formula is C28H33N7O. The number of aryl methyl sites for hydroxylation is 1. The van der Waals surface area contributed by atoms with Gasteiger partial charge in [0.1, 0.15) is 0 Å². The summed E-state index contributed by atoms with van der Waals surface area (Å²) >= 11 is 0. The number of hydrazone groups is 1. The lowest BCUT2D eigenvalue weighted by atomic mass is 10.0. The number of guanidine groups is 1. The van der Waals surface area contributed by atoms with Gasteiger partial charge < -0.3 is 9.88 Å². The SMILES string of the molecule is CCCN(C(=O)CC)C1CN(C(=NCCc2c[nH]c3ccccc23)NC#N)N=C1c1ccc(C)cc1. The minimum absolute atomic E-state index is 0.0922. The number of fused-ring (bicyclic) bond motifs is 1. The molecule has 4 rings (SSSR count). The third kappa shape index (κ3) is 5.41. The smallest absolute Gasteiger partial charge is 0.228 e. The minimum Gasteiger partial charge on any atom is -0.361 e. The van der Waals surface area contributed by atoms with Crippen LogP contribution < -0.4 is 5.32 Å². The number of nitriles is 1. The summed E-state index contributed by atoms with van der Waals surface area (Å²) in [6, 6.07) is 16.1. The molecule has 1 aliphatic heterocycles. The van der Waals surface area contributed by atoms with E-state index < -0.39 is 0 Å². The van der Waals surface area contributed by atoms with Crippen molar-refractivity contribution in [3.05, 3.63) is 71.4 Å². The first-order valence-electron chi connectivity index (χ1n) is 12.5. The maximum absolute atomic E-state index is 12.9. The number of hydrogen-bond acceptors (Lipinski definition) is 4. The van der Waals surface area contributed by atoms with Gasteiger partial charge in [-0.2, -0.15) is 10.4 Å². The molecule has 0 saturated heterocycles. The number of rotatable bonds is 8. The van der Waals surface area contributed by atoms with Crippen LogP contribution in [0.4, 0.5) is 0 Å². The van der Waals surface area contributed by atoms with Crippen molar-refractivity contribution in [2.24, 2.45) is 10.1 Å². The van der Waals surface area contributed by atoms with E-state index in [1.54, 1.807) is 5.01 Å². The Bertz CT molecular complexity index is 1300. The van der Waals surface area contributed by atoms with Crippen LogP contribution in [0.15, 0.2) is 64.8 Å². The fourth-order valence-electron chi connectivity index (χ4n) is 4.60. The molecule has 1 aromatic heterocycles. The number of carbonyl (C=O) groups is 1. The van der Waals surface area contributed by atoms with Crippen LogP contribution in [-0.2, 0) is 11.2 Å². The van der Waals surface area contributed by atoms with Crippen molar-refractivity contribution in [2.75, 3.05) is 19.6 Å². The zero-order chi connectivity index (χ0) is 25.5. The van der Waals surface area contributed by atoms with E-state index in [0.717, 1.165) is 35.2 Å². The summed E-state index contributed by atoms with van der Waals surface area (Å²) in [4.78, 5) is 22.8. The molecule has 8 nitrogen and oxygen atoms in total. The third-order valence-electron chi connectivity index (χ3n) is 6.43. The Labute approximate surface area is 212 Å². The molecular weight excluding hydrogens is 450 g/mol. The summed E-state index contributed by atoms with van der Waals surface area (Å²) in [7, 11) is 0. The molecule has 0 saturated carbocycles. The van der Waals surface area contributed by atoms with Gasteiger partial charge in [0.15, 0.2) is 6.19 Å². The van der Waals surface area contributed by atoms with Gasteiger partial charge in [0.05, 0.1) is 18.3 Å². The monoisotopic (exact) mass is 483 g/mol. The maximum Gasteiger partial charge on any atom is 0.228 e. The van der Waals surface area contributed by atoms with Crippen molar-refractivity contribution in [1.82, 2.24) is 20.2 Å². The van der Waals surface area contributed by atoms with Crippen LogP contribution in [0.1, 0.15) is 43.4 Å². The molecule has 1 aliphatic rings. The van der Waals surface area contributed by atoms with E-state index in [4.69, 9.17) is 10.1 Å². The molecule has 0 radical (unpaired) electrons. The Kier molecular flexibility index (Phi) is 8.01. The summed E-state index contributed by atoms with van der Waals surface area (Å²) in [5.74, 6) is 0.486. The number of para-hydroxylation sites is 1. The number of nitrogens with zero attached hydrogens (tertiary/aromatic N) is 5. The highest BCUT2D eigenvalue weighted by atomic mass is 16.2. The number of nitrogens with one attached hydrogen (secondary N) is 2. The van der Waals surface area contributed by atoms with Crippen molar-refractivity contribution in [2.45, 2.75) is 46.1 Å². The van der Waals surface area contributed by atoms with Crippen LogP contribution in [0, 0.1) is 18.4 Å². The van der Waals surface area contributed by atoms with Gasteiger partial charge in [-0.25, -0.2) is 5.01 Å². The Morgan fingerprint density at radius 2 is 2.03 bits per heavy atom. The molecule has 0 fully saturated rings. The zero-order valence-corrected chi connectivity index (χ0v) is 21.2. The van der Waals surface area contributed by atoms with Crippen molar-refractivity contribution in [1.29, 1.82) is 5.26 Å². The molecule has 1 unspecified atom stereocenters. The van der Waals surface area contributed by atoms with Gasteiger partial charge in [0.25, 0.3) is 0 Å². The molecule has 36 heavy (non-hydrogen) atoms. The topological polar surface area (TPSA) is 99.9 Å². The van der Waals surface area contributed by atoms with E-state index in [2.05, 4.69) is 29.4 Å². The predicted molar refractivity (Wildman–Crippen MR) is 144 cm³/mol. The van der Waals surface area contributed by atoms with Crippen molar-refractivity contribution >= 4 is 28.5 Å². The number of aromatic amines is 1. The average Bonchev–Trinajstić information content (AvgIpc) is 3.52. The molecule has 0 aliphatic carbocycles. The molecule has 8 heteroatoms. The fourth-order valence-corrected chi connectivity index (χ4v) is 4.60. The molecule has 186 valence electrons. The van der Waals surface area contributed by atoms with Gasteiger partial charge in [-0.15, -0.1) is 0 Å². The van der Waals surface area contributed by atoms with E-state index in [1.165, 1.54) is 10.9 Å². The highest BCUT2D eigenvalue weighted by Crippen LogP contribution is 2.22. The first kappa shape index (κ1) is 25.0. The molecule has 0 bridgehead atoms. The van der Waals surface area contributed by atoms with Crippen LogP contribution in [-0.4, -0.2) is 58.1 Å². The van der Waals surface area contributed by atoms with Crippen LogP contribution in [0.2, 0.25) is 0 Å². The molecule has 2 heterocycles. The van der Waals surface area contributed by atoms with Gasteiger partial charge in [-0.05, 0) is 37.0 Å². The number of aliphatic imine (C=N–C) groups is 1. The second kappa shape index (κ2) is 11.5. The first-order valence-corrected chi connectivity index (χ1v) is 12.5. The highest BCUT2D eigenvalue weighted by molar-refractivity contribution is 6.08. The van der Waals surface area contributed by atoms with Crippen molar-refractivity contribution in [3.63, 3.8) is 0 Å². The van der Waals surface area contributed by atoms with Gasteiger partial charge in [0, 0.05) is 36.6 Å². The number of aromatic nitrogens is 1. The molecule has 1 amide bonds. The van der Waals surface area contributed by atoms with Gasteiger partial charge in [-0.3, -0.25) is 15.1 Å². The van der Waals surface area contributed by atoms with E-state index in [-0.39, 0.29) is 11.9 Å². The normalized spacial score (nSPS) is 15.6. The lowest BCUT2D eigenvalue weighted by Gasteiger charge is -2.29. The zero-order valence-electron chi connectivity index (χ0n) is 21.2. The van der Waals surface area contributed by atoms with Gasteiger partial charge >= 0.3 is 0 Å². The fraction of sp³-hybridized carbons (Fsp3) is 0.357. The summed E-state index contributed by atoms with van der Waals surface area (Å²) in [5.41, 5.74) is 5.21. The van der Waals surface area contributed by atoms with E-state index in [9.17, 15) is 10.1 Å². The number of amides is 1. The Hall–Kier alpha value is -4.12. The highest BCUT2D eigenvalue weighted by Gasteiger charge is 2.36. The quantitative estimate of drug-likeness (QED) is 0.217. The van der Waals surface area contributed by atoms with Crippen LogP contribution in [0.5, 0.6) is 0 Å². The van der Waals surface area contributed by atoms with Gasteiger partial charge in [0.2, 0.25) is 11.9 Å². The average molecular weight is 484 g/mol. The summed E-state index contributed by atoms with van der Waals surface area (Å²) in [6.07, 6.45) is 6.02. The Morgan fingerprint density at radius 3 is 2.75 bits per heavy atom. The largest absolute Gasteiger partial charge is 0.361 e. The molecule has 1 atom stereocenters. The van der Waals surface area contributed by atoms with Crippen LogP contribution in [0.25, 0.3) is 10.9 Å². The third-order valence-corrected chi connectivity index (χ3v) is 6.43. The summed E-state index contributed by atoms with van der Waals surface area (Å²) < 4.78 is 0. The molecule has 0 spiro atoms. The number of benzene rings is 2. The Morgan fingerprint density at radius 1 is 1.25 bits per heavy atom. The predicted octanol–water partition coefficient (Wildman–Crippen LogP) is 4.18. The molecule has 3 aromatic rings. The second-order valence-electron chi connectivity index (χ2n) is 8.94. The molecule has 2 aromatic carbocycles. The number of hydrogen-bond donors (Lipinski definition) is 2. The summed E-state index contributed by atoms with van der Waals surface area (Å²) in [5, 5.41) is 19.9. The first-order chi connectivity index (χ1) is 17.5. The molecule has 2 N–H and O–H groups in total. The standard InChI is InChI=1S/C28H33N7O/c1-4-16-34(26(36)5-2)25-18-35(33-27(25)21-12-10-20(3)11-13-21)28(32-19-29)30-15-14-22-17-31-24-9-7-6-8-23(22)24/h6-13,17,25,31H,4-5,14-16,18H2,1-3H3,(H,30,32).